The number of hydrogen-bond donors (Lipinski definition) is 6. The molecule has 1 fully saturated rings. The maximum absolute atomic E-state index is 11.9. The van der Waals surface area contributed by atoms with E-state index in [4.69, 9.17) is 26.8 Å². The third-order valence-electron chi connectivity index (χ3n) is 4.72. The van der Waals surface area contributed by atoms with E-state index in [9.17, 15) is 15.0 Å². The van der Waals surface area contributed by atoms with Crippen molar-refractivity contribution in [3.63, 3.8) is 0 Å². The molecule has 0 aromatic carbocycles. The number of nitrogens with two attached hydrogens (primary N) is 3. The molecule has 160 valence electrons. The van der Waals surface area contributed by atoms with Crippen LogP contribution in [0.25, 0.3) is 11.2 Å². The van der Waals surface area contributed by atoms with Crippen molar-refractivity contribution >= 4 is 22.9 Å². The van der Waals surface area contributed by atoms with E-state index >= 15 is 0 Å². The molecule has 0 saturated carbocycles. The third-order valence-corrected chi connectivity index (χ3v) is 4.72. The number of aromatic nitrogens is 4. The molecular formula is C16H26N8O5. The fourth-order valence-corrected chi connectivity index (χ4v) is 3.06. The normalized spacial score (nSPS) is 25.4. The smallest absolute Gasteiger partial charge is 0.260 e. The summed E-state index contributed by atoms with van der Waals surface area (Å²) in [7, 11) is 0. The van der Waals surface area contributed by atoms with Gasteiger partial charge >= 0.3 is 0 Å². The van der Waals surface area contributed by atoms with Crippen LogP contribution in [0.4, 0.5) is 5.82 Å². The SMILES string of the molecule is NCCCC[C@H](N)C(=O)NOC[C@H]1O[C@@H](n2cnc3c(N)ncnc32)[C@H](O)[C@@H]1O. The molecule has 0 radical (unpaired) electrons. The van der Waals surface area contributed by atoms with Gasteiger partial charge in [-0.15, -0.1) is 0 Å². The predicted octanol–water partition coefficient (Wildman–Crippen LogP) is -2.47. The first-order valence-corrected chi connectivity index (χ1v) is 9.26. The van der Waals surface area contributed by atoms with Crippen molar-refractivity contribution in [2.45, 2.75) is 49.8 Å². The Morgan fingerprint density at radius 2 is 2.10 bits per heavy atom. The van der Waals surface area contributed by atoms with Gasteiger partial charge in [0.25, 0.3) is 5.91 Å². The molecule has 2 aromatic rings. The molecule has 5 atom stereocenters. The van der Waals surface area contributed by atoms with Gasteiger partial charge in [0, 0.05) is 0 Å². The topological polar surface area (TPSA) is 210 Å². The molecule has 0 aliphatic carbocycles. The zero-order valence-corrected chi connectivity index (χ0v) is 15.7. The van der Waals surface area contributed by atoms with Gasteiger partial charge in [-0.1, -0.05) is 6.42 Å². The van der Waals surface area contributed by atoms with Crippen molar-refractivity contribution in [1.29, 1.82) is 0 Å². The molecule has 3 rings (SSSR count). The van der Waals surface area contributed by atoms with Crippen LogP contribution in [-0.4, -0.2) is 73.1 Å². The lowest BCUT2D eigenvalue weighted by Crippen LogP contribution is -2.42. The van der Waals surface area contributed by atoms with Crippen LogP contribution in [0.15, 0.2) is 12.7 Å². The maximum atomic E-state index is 11.9. The molecule has 3 heterocycles. The Labute approximate surface area is 166 Å². The van der Waals surface area contributed by atoms with Gasteiger partial charge in [0.1, 0.15) is 36.8 Å². The van der Waals surface area contributed by atoms with Crippen molar-refractivity contribution in [1.82, 2.24) is 25.0 Å². The lowest BCUT2D eigenvalue weighted by atomic mass is 10.1. The second-order valence-corrected chi connectivity index (χ2v) is 6.80. The highest BCUT2D eigenvalue weighted by Crippen LogP contribution is 2.31. The first-order valence-electron chi connectivity index (χ1n) is 9.26. The van der Waals surface area contributed by atoms with E-state index in [-0.39, 0.29) is 12.4 Å². The fraction of sp³-hybridized carbons (Fsp3) is 0.625. The van der Waals surface area contributed by atoms with E-state index in [0.29, 0.717) is 24.1 Å². The van der Waals surface area contributed by atoms with E-state index in [0.717, 1.165) is 12.8 Å². The third kappa shape index (κ3) is 4.60. The number of aliphatic hydroxyl groups excluding tert-OH is 2. The average molecular weight is 410 g/mol. The molecule has 0 spiro atoms. The Hall–Kier alpha value is -2.42. The summed E-state index contributed by atoms with van der Waals surface area (Å²) in [5, 5.41) is 20.6. The van der Waals surface area contributed by atoms with Crippen LogP contribution >= 0.6 is 0 Å². The summed E-state index contributed by atoms with van der Waals surface area (Å²) >= 11 is 0. The lowest BCUT2D eigenvalue weighted by molar-refractivity contribution is -0.141. The summed E-state index contributed by atoms with van der Waals surface area (Å²) in [5.41, 5.74) is 19.9. The van der Waals surface area contributed by atoms with Crippen molar-refractivity contribution in [3.05, 3.63) is 12.7 Å². The monoisotopic (exact) mass is 410 g/mol. The van der Waals surface area contributed by atoms with Gasteiger partial charge in [-0.05, 0) is 19.4 Å². The molecule has 0 bridgehead atoms. The van der Waals surface area contributed by atoms with Gasteiger partial charge in [-0.25, -0.2) is 20.4 Å². The number of carbonyl (C=O) groups is 1. The van der Waals surface area contributed by atoms with E-state index in [1.165, 1.54) is 17.2 Å². The van der Waals surface area contributed by atoms with Gasteiger partial charge in [0.2, 0.25) is 0 Å². The highest BCUT2D eigenvalue weighted by atomic mass is 16.7. The number of fused-ring (bicyclic) bond motifs is 1. The number of ether oxygens (including phenoxy) is 1. The lowest BCUT2D eigenvalue weighted by Gasteiger charge is -2.17. The minimum Gasteiger partial charge on any atom is -0.387 e. The molecule has 2 aromatic heterocycles. The van der Waals surface area contributed by atoms with Gasteiger partial charge in [0.15, 0.2) is 17.7 Å². The number of imidazole rings is 1. The van der Waals surface area contributed by atoms with Crippen molar-refractivity contribution in [2.24, 2.45) is 11.5 Å². The zero-order chi connectivity index (χ0) is 21.0. The molecule has 13 nitrogen and oxygen atoms in total. The van der Waals surface area contributed by atoms with E-state index in [1.807, 2.05) is 0 Å². The first-order chi connectivity index (χ1) is 13.9. The van der Waals surface area contributed by atoms with Gasteiger partial charge in [-0.3, -0.25) is 14.2 Å². The van der Waals surface area contributed by atoms with Gasteiger partial charge in [-0.2, -0.15) is 0 Å². The Morgan fingerprint density at radius 1 is 1.31 bits per heavy atom. The molecular weight excluding hydrogens is 384 g/mol. The quantitative estimate of drug-likeness (QED) is 0.188. The molecule has 1 aliphatic heterocycles. The second-order valence-electron chi connectivity index (χ2n) is 6.80. The molecule has 0 unspecified atom stereocenters. The van der Waals surface area contributed by atoms with Crippen LogP contribution in [0.2, 0.25) is 0 Å². The van der Waals surface area contributed by atoms with Crippen LogP contribution in [0, 0.1) is 0 Å². The zero-order valence-electron chi connectivity index (χ0n) is 15.7. The summed E-state index contributed by atoms with van der Waals surface area (Å²) < 4.78 is 7.15. The van der Waals surface area contributed by atoms with Gasteiger partial charge in [0.05, 0.1) is 12.4 Å². The number of nitrogens with one attached hydrogen (secondary N) is 1. The number of nitrogen functional groups attached to an aromatic ring is 1. The highest BCUT2D eigenvalue weighted by molar-refractivity contribution is 5.81. The Kier molecular flexibility index (Phi) is 6.89. The van der Waals surface area contributed by atoms with Crippen LogP contribution < -0.4 is 22.7 Å². The number of anilines is 1. The number of hydroxylamine groups is 1. The molecule has 29 heavy (non-hydrogen) atoms. The minimum atomic E-state index is -1.27. The standard InChI is InChI=1S/C16H26N8O5/c17-4-2-1-3-8(18)15(27)23-28-5-9-11(25)12(26)16(29-9)24-7-22-10-13(19)20-6-21-14(10)24/h6-9,11-12,16,25-26H,1-5,17-18H2,(H,23,27)(H2,19,20,21)/t8-,9+,11+,12+,16+/m0/s1. The van der Waals surface area contributed by atoms with Crippen molar-refractivity contribution in [3.8, 4) is 0 Å². The number of unbranched alkanes of at least 4 members (excludes halogenated alkanes) is 1. The average Bonchev–Trinajstić information content (AvgIpc) is 3.25. The number of carbonyl (C=O) groups excluding carboxylic acids is 1. The predicted molar refractivity (Wildman–Crippen MR) is 101 cm³/mol. The van der Waals surface area contributed by atoms with E-state index < -0.39 is 36.5 Å². The molecule has 13 heteroatoms. The number of hydrogen-bond acceptors (Lipinski definition) is 11. The molecule has 1 saturated heterocycles. The van der Waals surface area contributed by atoms with Crippen LogP contribution in [0.1, 0.15) is 25.5 Å². The summed E-state index contributed by atoms with van der Waals surface area (Å²) in [4.78, 5) is 29.1. The highest BCUT2D eigenvalue weighted by Gasteiger charge is 2.44. The van der Waals surface area contributed by atoms with Gasteiger partial charge < -0.3 is 32.2 Å². The molecule has 1 amide bonds. The number of aliphatic hydroxyl groups is 2. The number of amides is 1. The first kappa shape index (κ1) is 21.3. The largest absolute Gasteiger partial charge is 0.387 e. The molecule has 9 N–H and O–H groups in total. The van der Waals surface area contributed by atoms with Crippen LogP contribution in [0.5, 0.6) is 0 Å². The Balaban J connectivity index is 1.56. The summed E-state index contributed by atoms with van der Waals surface area (Å²) in [6.07, 6.45) is 0.251. The number of rotatable bonds is 9. The fourth-order valence-electron chi connectivity index (χ4n) is 3.06. The van der Waals surface area contributed by atoms with Crippen LogP contribution in [-0.2, 0) is 14.4 Å². The minimum absolute atomic E-state index is 0.187. The number of nitrogens with zero attached hydrogens (tertiary/aromatic N) is 4. The maximum Gasteiger partial charge on any atom is 0.260 e. The summed E-state index contributed by atoms with van der Waals surface area (Å²) in [5.74, 6) is -0.299. The van der Waals surface area contributed by atoms with Crippen molar-refractivity contribution < 1.29 is 24.6 Å². The van der Waals surface area contributed by atoms with E-state index in [2.05, 4.69) is 20.4 Å². The second kappa shape index (κ2) is 9.39. The Morgan fingerprint density at radius 3 is 2.86 bits per heavy atom. The summed E-state index contributed by atoms with van der Waals surface area (Å²) in [6.45, 7) is 0.343. The van der Waals surface area contributed by atoms with E-state index in [1.54, 1.807) is 0 Å². The van der Waals surface area contributed by atoms with Crippen LogP contribution in [0.3, 0.4) is 0 Å². The molecule has 1 aliphatic rings. The summed E-state index contributed by atoms with van der Waals surface area (Å²) in [6, 6.07) is -0.725. The van der Waals surface area contributed by atoms with Crippen molar-refractivity contribution in [2.75, 3.05) is 18.9 Å². The Bertz CT molecular complexity index is 833.